The fourth-order valence-corrected chi connectivity index (χ4v) is 1.25. The summed E-state index contributed by atoms with van der Waals surface area (Å²) in [5.74, 6) is 0. The van der Waals surface area contributed by atoms with E-state index < -0.39 is 0 Å². The summed E-state index contributed by atoms with van der Waals surface area (Å²) in [5.41, 5.74) is 7.78. The van der Waals surface area contributed by atoms with Gasteiger partial charge in [0.15, 0.2) is 0 Å². The highest BCUT2D eigenvalue weighted by atomic mass is 14.9. The standard InChI is InChI=1S/C11H15N3/c1-2-3-7-14-11-9(8-12)5-4-6-10(11)13/h4-6,14H,2-3,7,13H2,1H3. The lowest BCUT2D eigenvalue weighted by Gasteiger charge is -2.09. The van der Waals surface area contributed by atoms with E-state index in [2.05, 4.69) is 18.3 Å². The molecule has 0 radical (unpaired) electrons. The fraction of sp³-hybridized carbons (Fsp3) is 0.364. The first-order valence-corrected chi connectivity index (χ1v) is 4.82. The lowest BCUT2D eigenvalue weighted by atomic mass is 10.1. The summed E-state index contributed by atoms with van der Waals surface area (Å²) in [6.45, 7) is 2.99. The van der Waals surface area contributed by atoms with Gasteiger partial charge >= 0.3 is 0 Å². The van der Waals surface area contributed by atoms with Crippen molar-refractivity contribution in [2.75, 3.05) is 17.6 Å². The van der Waals surface area contributed by atoms with Crippen LogP contribution in [0.25, 0.3) is 0 Å². The van der Waals surface area contributed by atoms with E-state index in [1.807, 2.05) is 0 Å². The molecule has 0 aliphatic heterocycles. The Morgan fingerprint density at radius 3 is 2.93 bits per heavy atom. The van der Waals surface area contributed by atoms with E-state index in [-0.39, 0.29) is 0 Å². The molecule has 0 saturated heterocycles. The SMILES string of the molecule is CCCCNc1c(N)cccc1C#N. The lowest BCUT2D eigenvalue weighted by Crippen LogP contribution is -2.05. The molecule has 0 aliphatic carbocycles. The summed E-state index contributed by atoms with van der Waals surface area (Å²) in [6, 6.07) is 7.48. The van der Waals surface area contributed by atoms with Gasteiger partial charge < -0.3 is 11.1 Å². The second-order valence-electron chi connectivity index (χ2n) is 3.16. The second kappa shape index (κ2) is 5.13. The molecule has 0 aromatic heterocycles. The molecule has 0 saturated carbocycles. The predicted octanol–water partition coefficient (Wildman–Crippen LogP) is 2.35. The molecule has 1 aromatic rings. The first-order valence-electron chi connectivity index (χ1n) is 4.82. The zero-order chi connectivity index (χ0) is 10.4. The van der Waals surface area contributed by atoms with Crippen LogP contribution in [0.5, 0.6) is 0 Å². The minimum atomic E-state index is 0.612. The third-order valence-electron chi connectivity index (χ3n) is 2.05. The quantitative estimate of drug-likeness (QED) is 0.564. The van der Waals surface area contributed by atoms with Gasteiger partial charge in [0.1, 0.15) is 6.07 Å². The van der Waals surface area contributed by atoms with E-state index in [0.717, 1.165) is 25.1 Å². The maximum absolute atomic E-state index is 8.85. The van der Waals surface area contributed by atoms with Gasteiger partial charge in [-0.1, -0.05) is 19.4 Å². The largest absolute Gasteiger partial charge is 0.397 e. The summed E-state index contributed by atoms with van der Waals surface area (Å²) in [6.07, 6.45) is 2.21. The molecule has 0 spiro atoms. The summed E-state index contributed by atoms with van der Waals surface area (Å²) < 4.78 is 0. The highest BCUT2D eigenvalue weighted by molar-refractivity contribution is 5.73. The van der Waals surface area contributed by atoms with Crippen molar-refractivity contribution in [3.05, 3.63) is 23.8 Å². The van der Waals surface area contributed by atoms with Gasteiger partial charge in [-0.25, -0.2) is 0 Å². The van der Waals surface area contributed by atoms with E-state index in [4.69, 9.17) is 11.0 Å². The summed E-state index contributed by atoms with van der Waals surface area (Å²) in [7, 11) is 0. The van der Waals surface area contributed by atoms with Crippen LogP contribution in [0.3, 0.4) is 0 Å². The van der Waals surface area contributed by atoms with Crippen molar-refractivity contribution in [3.8, 4) is 6.07 Å². The van der Waals surface area contributed by atoms with Crippen molar-refractivity contribution in [2.45, 2.75) is 19.8 Å². The Hall–Kier alpha value is -1.69. The number of nitrogens with two attached hydrogens (primary N) is 1. The van der Waals surface area contributed by atoms with Crippen LogP contribution in [-0.2, 0) is 0 Å². The fourth-order valence-electron chi connectivity index (χ4n) is 1.25. The third kappa shape index (κ3) is 2.40. The monoisotopic (exact) mass is 189 g/mol. The van der Waals surface area contributed by atoms with Gasteiger partial charge in [0.05, 0.1) is 16.9 Å². The van der Waals surface area contributed by atoms with Crippen LogP contribution in [0.4, 0.5) is 11.4 Å². The topological polar surface area (TPSA) is 61.8 Å². The maximum atomic E-state index is 8.85. The number of nitrogen functional groups attached to an aromatic ring is 1. The van der Waals surface area contributed by atoms with Crippen LogP contribution < -0.4 is 11.1 Å². The number of nitrogens with one attached hydrogen (secondary N) is 1. The Bertz CT molecular complexity index is 339. The smallest absolute Gasteiger partial charge is 0.101 e. The molecule has 0 unspecified atom stereocenters. The number of hydrogen-bond acceptors (Lipinski definition) is 3. The van der Waals surface area contributed by atoms with Crippen LogP contribution in [0.2, 0.25) is 0 Å². The van der Waals surface area contributed by atoms with Gasteiger partial charge in [0.25, 0.3) is 0 Å². The molecular formula is C11H15N3. The molecule has 14 heavy (non-hydrogen) atoms. The van der Waals surface area contributed by atoms with Gasteiger partial charge in [-0.2, -0.15) is 5.26 Å². The van der Waals surface area contributed by atoms with Gasteiger partial charge in [0.2, 0.25) is 0 Å². The highest BCUT2D eigenvalue weighted by Gasteiger charge is 2.03. The summed E-state index contributed by atoms with van der Waals surface area (Å²) in [5, 5.41) is 12.0. The molecule has 0 aliphatic rings. The van der Waals surface area contributed by atoms with E-state index in [9.17, 15) is 0 Å². The molecule has 74 valence electrons. The maximum Gasteiger partial charge on any atom is 0.101 e. The van der Waals surface area contributed by atoms with E-state index >= 15 is 0 Å². The van der Waals surface area contributed by atoms with Gasteiger partial charge in [-0.05, 0) is 18.6 Å². The van der Waals surface area contributed by atoms with E-state index in [1.54, 1.807) is 18.2 Å². The molecule has 1 aromatic carbocycles. The number of anilines is 2. The molecule has 1 rings (SSSR count). The lowest BCUT2D eigenvalue weighted by molar-refractivity contribution is 0.834. The molecule has 0 amide bonds. The average Bonchev–Trinajstić information content (AvgIpc) is 2.20. The van der Waals surface area contributed by atoms with E-state index in [1.165, 1.54) is 0 Å². The minimum absolute atomic E-state index is 0.612. The van der Waals surface area contributed by atoms with Crippen molar-refractivity contribution in [2.24, 2.45) is 0 Å². The number of hydrogen-bond donors (Lipinski definition) is 2. The molecule has 0 fully saturated rings. The minimum Gasteiger partial charge on any atom is -0.397 e. The van der Waals surface area contributed by atoms with Crippen LogP contribution >= 0.6 is 0 Å². The van der Waals surface area contributed by atoms with Gasteiger partial charge in [0, 0.05) is 6.54 Å². The van der Waals surface area contributed by atoms with Crippen molar-refractivity contribution < 1.29 is 0 Å². The Morgan fingerprint density at radius 2 is 2.29 bits per heavy atom. The van der Waals surface area contributed by atoms with Gasteiger partial charge in [-0.3, -0.25) is 0 Å². The zero-order valence-electron chi connectivity index (χ0n) is 8.38. The number of unbranched alkanes of at least 4 members (excludes halogenated alkanes) is 1. The number of nitrogens with zero attached hydrogens (tertiary/aromatic N) is 1. The highest BCUT2D eigenvalue weighted by Crippen LogP contribution is 2.22. The molecule has 0 heterocycles. The number of rotatable bonds is 4. The molecule has 0 atom stereocenters. The van der Waals surface area contributed by atoms with Crippen LogP contribution in [-0.4, -0.2) is 6.54 Å². The first kappa shape index (κ1) is 10.4. The summed E-state index contributed by atoms with van der Waals surface area (Å²) in [4.78, 5) is 0. The van der Waals surface area contributed by atoms with Gasteiger partial charge in [-0.15, -0.1) is 0 Å². The molecule has 3 N–H and O–H groups in total. The van der Waals surface area contributed by atoms with Crippen molar-refractivity contribution in [3.63, 3.8) is 0 Å². The van der Waals surface area contributed by atoms with Crippen LogP contribution in [0.15, 0.2) is 18.2 Å². The number of benzene rings is 1. The molecule has 0 bridgehead atoms. The Balaban J connectivity index is 2.78. The first-order chi connectivity index (χ1) is 6.79. The van der Waals surface area contributed by atoms with Crippen LogP contribution in [0.1, 0.15) is 25.3 Å². The van der Waals surface area contributed by atoms with Crippen molar-refractivity contribution in [1.82, 2.24) is 0 Å². The number of para-hydroxylation sites is 1. The van der Waals surface area contributed by atoms with E-state index in [0.29, 0.717) is 11.3 Å². The molecule has 3 heteroatoms. The second-order valence-corrected chi connectivity index (χ2v) is 3.16. The third-order valence-corrected chi connectivity index (χ3v) is 2.05. The molecule has 3 nitrogen and oxygen atoms in total. The van der Waals surface area contributed by atoms with Crippen molar-refractivity contribution >= 4 is 11.4 Å². The summed E-state index contributed by atoms with van der Waals surface area (Å²) >= 11 is 0. The Morgan fingerprint density at radius 1 is 1.50 bits per heavy atom. The average molecular weight is 189 g/mol. The Kier molecular flexibility index (Phi) is 3.81. The van der Waals surface area contributed by atoms with Crippen LogP contribution in [0, 0.1) is 11.3 Å². The normalized spacial score (nSPS) is 9.43. The predicted molar refractivity (Wildman–Crippen MR) is 59.0 cm³/mol. The molecular weight excluding hydrogens is 174 g/mol. The van der Waals surface area contributed by atoms with Crippen molar-refractivity contribution in [1.29, 1.82) is 5.26 Å². The zero-order valence-corrected chi connectivity index (χ0v) is 8.38. The number of nitriles is 1. The Labute approximate surface area is 84.5 Å².